The molecular formula is C20H23IN2O3. The summed E-state index contributed by atoms with van der Waals surface area (Å²) in [7, 11) is 0. The number of ether oxygens (including phenoxy) is 1. The van der Waals surface area contributed by atoms with Crippen LogP contribution in [0.5, 0.6) is 5.75 Å². The van der Waals surface area contributed by atoms with Crippen molar-refractivity contribution in [2.24, 2.45) is 0 Å². The van der Waals surface area contributed by atoms with Crippen LogP contribution in [0.1, 0.15) is 24.2 Å². The fourth-order valence-corrected chi connectivity index (χ4v) is 2.90. The second kappa shape index (κ2) is 9.14. The van der Waals surface area contributed by atoms with Gasteiger partial charge in [0.15, 0.2) is 16.8 Å². The van der Waals surface area contributed by atoms with Crippen molar-refractivity contribution in [3.8, 4) is 5.75 Å². The fourth-order valence-electron chi connectivity index (χ4n) is 2.90. The summed E-state index contributed by atoms with van der Waals surface area (Å²) < 4.78 is 9.84. The molecule has 3 rings (SSSR count). The molecule has 2 aromatic carbocycles. The number of aliphatic hydroxyl groups excluding tert-OH is 1. The second-order valence-electron chi connectivity index (χ2n) is 6.09. The molecule has 0 aliphatic heterocycles. The molecule has 0 spiro atoms. The Kier molecular flexibility index (Phi) is 7.16. The Balaban J connectivity index is 0.00000243. The molecule has 1 heterocycles. The van der Waals surface area contributed by atoms with Crippen molar-refractivity contribution >= 4 is 16.8 Å². The zero-order chi connectivity index (χ0) is 17.8. The molecule has 0 bridgehead atoms. The van der Waals surface area contributed by atoms with E-state index in [4.69, 9.17) is 4.74 Å². The summed E-state index contributed by atoms with van der Waals surface area (Å²) in [6, 6.07) is 15.1. The first-order valence-electron chi connectivity index (χ1n) is 8.47. The van der Waals surface area contributed by atoms with Crippen molar-refractivity contribution in [3.05, 3.63) is 60.4 Å². The van der Waals surface area contributed by atoms with Crippen molar-refractivity contribution in [2.75, 3.05) is 6.61 Å². The molecule has 5 nitrogen and oxygen atoms in total. The molecule has 0 amide bonds. The number of hydrogen-bond donors (Lipinski definition) is 1. The molecule has 0 radical (unpaired) electrons. The number of rotatable bonds is 7. The van der Waals surface area contributed by atoms with Gasteiger partial charge in [0.1, 0.15) is 25.0 Å². The van der Waals surface area contributed by atoms with Crippen LogP contribution in [-0.2, 0) is 13.1 Å². The van der Waals surface area contributed by atoms with Gasteiger partial charge in [0.2, 0.25) is 6.33 Å². The van der Waals surface area contributed by atoms with Crippen molar-refractivity contribution in [2.45, 2.75) is 33.0 Å². The third kappa shape index (κ3) is 4.62. The predicted octanol–water partition coefficient (Wildman–Crippen LogP) is -0.405. The highest BCUT2D eigenvalue weighted by molar-refractivity contribution is 5.94. The van der Waals surface area contributed by atoms with Gasteiger partial charge in [0.05, 0.1) is 6.54 Å². The van der Waals surface area contributed by atoms with E-state index in [-0.39, 0.29) is 36.4 Å². The maximum Gasteiger partial charge on any atom is 0.244 e. The number of ketones is 1. The smallest absolute Gasteiger partial charge is 0.244 e. The molecule has 0 aliphatic rings. The van der Waals surface area contributed by atoms with E-state index < -0.39 is 6.10 Å². The molecule has 6 heteroatoms. The maximum absolute atomic E-state index is 11.3. The summed E-state index contributed by atoms with van der Waals surface area (Å²) in [4.78, 5) is 11.3. The lowest BCUT2D eigenvalue weighted by Gasteiger charge is -2.11. The topological polar surface area (TPSA) is 55.3 Å². The quantitative estimate of drug-likeness (QED) is 0.293. The van der Waals surface area contributed by atoms with Crippen LogP contribution in [0.2, 0.25) is 0 Å². The zero-order valence-corrected chi connectivity index (χ0v) is 17.1. The molecule has 0 fully saturated rings. The molecule has 0 saturated heterocycles. The van der Waals surface area contributed by atoms with Crippen LogP contribution >= 0.6 is 0 Å². The molecule has 3 aromatic rings. The monoisotopic (exact) mass is 466 g/mol. The van der Waals surface area contributed by atoms with Gasteiger partial charge in [-0.1, -0.05) is 12.1 Å². The lowest BCUT2D eigenvalue weighted by molar-refractivity contribution is -0.679. The van der Waals surface area contributed by atoms with Gasteiger partial charge in [-0.3, -0.25) is 4.79 Å². The number of aliphatic hydroxyl groups is 1. The van der Waals surface area contributed by atoms with E-state index in [0.717, 1.165) is 17.6 Å². The number of nitrogens with zero attached hydrogens (tertiary/aromatic N) is 2. The number of imidazole rings is 1. The summed E-state index contributed by atoms with van der Waals surface area (Å²) in [5.74, 6) is 0.667. The normalized spacial score (nSPS) is 11.8. The van der Waals surface area contributed by atoms with E-state index in [2.05, 4.69) is 23.6 Å². The number of hydrogen-bond acceptors (Lipinski definition) is 3. The standard InChI is InChI=1S/C20H23N2O3.HI/c1-3-21-14-22(20-7-5-4-6-19(20)21)12-17(24)13-25-18-10-8-16(9-11-18)15(2)23;/h4-11,14,17,24H,3,12-13H2,1-2H3;1H/q+1;/p-1. The number of fused-ring (bicyclic) bond motifs is 1. The van der Waals surface area contributed by atoms with E-state index in [9.17, 15) is 9.90 Å². The van der Waals surface area contributed by atoms with Crippen LogP contribution in [0, 0.1) is 0 Å². The molecule has 0 aliphatic carbocycles. The SMILES string of the molecule is CCn1c[n+](CC(O)COc2ccc(C(C)=O)cc2)c2ccccc21.[I-]. The number of halogens is 1. The highest BCUT2D eigenvalue weighted by Gasteiger charge is 2.17. The van der Waals surface area contributed by atoms with Gasteiger partial charge in [-0.25, -0.2) is 9.13 Å². The van der Waals surface area contributed by atoms with E-state index >= 15 is 0 Å². The van der Waals surface area contributed by atoms with Gasteiger partial charge >= 0.3 is 0 Å². The Hall–Kier alpha value is -1.93. The first-order chi connectivity index (χ1) is 12.1. The Morgan fingerprint density at radius 2 is 1.88 bits per heavy atom. The first kappa shape index (κ1) is 20.4. The van der Waals surface area contributed by atoms with Crippen molar-refractivity contribution < 1.29 is 43.2 Å². The maximum atomic E-state index is 11.3. The minimum absolute atomic E-state index is 0. The average Bonchev–Trinajstić information content (AvgIpc) is 2.98. The lowest BCUT2D eigenvalue weighted by atomic mass is 10.1. The average molecular weight is 466 g/mol. The molecule has 1 atom stereocenters. The summed E-state index contributed by atoms with van der Waals surface area (Å²) >= 11 is 0. The molecule has 1 N–H and O–H groups in total. The van der Waals surface area contributed by atoms with Crippen molar-refractivity contribution in [1.82, 2.24) is 4.57 Å². The Morgan fingerprint density at radius 3 is 2.54 bits per heavy atom. The van der Waals surface area contributed by atoms with Gasteiger partial charge in [-0.05, 0) is 50.2 Å². The van der Waals surface area contributed by atoms with Gasteiger partial charge in [-0.15, -0.1) is 0 Å². The van der Waals surface area contributed by atoms with Crippen LogP contribution in [0.3, 0.4) is 0 Å². The molecule has 26 heavy (non-hydrogen) atoms. The second-order valence-corrected chi connectivity index (χ2v) is 6.09. The van der Waals surface area contributed by atoms with Gasteiger partial charge in [-0.2, -0.15) is 0 Å². The number of Topliss-reactive ketones (excluding diaryl/α,β-unsaturated/α-hetero) is 1. The lowest BCUT2D eigenvalue weighted by Crippen LogP contribution is -3.00. The molecule has 138 valence electrons. The van der Waals surface area contributed by atoms with Crippen LogP contribution < -0.4 is 33.3 Å². The minimum Gasteiger partial charge on any atom is -1.00 e. The highest BCUT2D eigenvalue weighted by atomic mass is 127. The van der Waals surface area contributed by atoms with Gasteiger partial charge in [0, 0.05) is 5.56 Å². The van der Waals surface area contributed by atoms with Crippen LogP contribution in [0.4, 0.5) is 0 Å². The summed E-state index contributed by atoms with van der Waals surface area (Å²) in [6.45, 7) is 5.16. The van der Waals surface area contributed by atoms with Crippen LogP contribution in [-0.4, -0.2) is 28.2 Å². The Labute approximate surface area is 170 Å². The first-order valence-corrected chi connectivity index (χ1v) is 8.47. The number of para-hydroxylation sites is 2. The van der Waals surface area contributed by atoms with Crippen LogP contribution in [0.25, 0.3) is 11.0 Å². The fraction of sp³-hybridized carbons (Fsp3) is 0.300. The third-order valence-corrected chi connectivity index (χ3v) is 4.23. The van der Waals surface area contributed by atoms with Crippen molar-refractivity contribution in [1.29, 1.82) is 0 Å². The molecule has 0 saturated carbocycles. The number of carbonyl (C=O) groups excluding carboxylic acids is 1. The molecule has 1 unspecified atom stereocenters. The third-order valence-electron chi connectivity index (χ3n) is 4.23. The number of carbonyl (C=O) groups is 1. The Morgan fingerprint density at radius 1 is 1.19 bits per heavy atom. The summed E-state index contributed by atoms with van der Waals surface area (Å²) in [5, 5.41) is 10.3. The van der Waals surface area contributed by atoms with E-state index in [0.29, 0.717) is 17.9 Å². The molecular weight excluding hydrogens is 443 g/mol. The number of aryl methyl sites for hydroxylation is 1. The number of benzene rings is 2. The number of aromatic nitrogens is 2. The van der Waals surface area contributed by atoms with Crippen LogP contribution in [0.15, 0.2) is 54.9 Å². The summed E-state index contributed by atoms with van der Waals surface area (Å²) in [5.41, 5.74) is 2.89. The zero-order valence-electron chi connectivity index (χ0n) is 14.9. The minimum atomic E-state index is -0.631. The van der Waals surface area contributed by atoms with E-state index in [1.54, 1.807) is 24.3 Å². The van der Waals surface area contributed by atoms with Crippen molar-refractivity contribution in [3.63, 3.8) is 0 Å². The summed E-state index contributed by atoms with van der Waals surface area (Å²) in [6.07, 6.45) is 1.39. The molecule has 1 aromatic heterocycles. The largest absolute Gasteiger partial charge is 1.00 e. The van der Waals surface area contributed by atoms with E-state index in [1.807, 2.05) is 23.0 Å². The van der Waals surface area contributed by atoms with E-state index in [1.165, 1.54) is 6.92 Å². The Bertz CT molecular complexity index is 874. The van der Waals surface area contributed by atoms with Gasteiger partial charge in [0.25, 0.3) is 0 Å². The highest BCUT2D eigenvalue weighted by Crippen LogP contribution is 2.14. The van der Waals surface area contributed by atoms with Gasteiger partial charge < -0.3 is 33.8 Å². The predicted molar refractivity (Wildman–Crippen MR) is 95.8 cm³/mol.